The summed E-state index contributed by atoms with van der Waals surface area (Å²) >= 11 is 0. The van der Waals surface area contributed by atoms with Crippen LogP contribution in [-0.2, 0) is 9.47 Å². The Bertz CT molecular complexity index is 1490. The maximum absolute atomic E-state index is 6.92. The molecule has 0 aromatic rings. The minimum Gasteiger partial charge on any atom is -0.349 e. The molecule has 0 aromatic carbocycles. The molecule has 2 heterocycles. The third-order valence-corrected chi connectivity index (χ3v) is 24.2. The van der Waals surface area contributed by atoms with Crippen LogP contribution in [-0.4, -0.2) is 18.5 Å². The lowest BCUT2D eigenvalue weighted by Crippen LogP contribution is -2.62. The van der Waals surface area contributed by atoms with Gasteiger partial charge in [-0.05, 0) is 206 Å². The fraction of sp³-hybridized carbons (Fsp3) is 1.00. The first kappa shape index (κ1) is 44.1. The van der Waals surface area contributed by atoms with Crippen molar-refractivity contribution in [2.45, 2.75) is 243 Å². The summed E-state index contributed by atoms with van der Waals surface area (Å²) in [5.41, 5.74) is 3.48. The molecular formula is C57H98O2. The van der Waals surface area contributed by atoms with Crippen LogP contribution in [0, 0.1) is 109 Å². The Morgan fingerprint density at radius 1 is 0.576 bits per heavy atom. The van der Waals surface area contributed by atoms with E-state index >= 15 is 0 Å². The molecule has 0 aromatic heterocycles. The van der Waals surface area contributed by atoms with Gasteiger partial charge in [0.2, 0.25) is 0 Å². The molecule has 2 heteroatoms. The van der Waals surface area contributed by atoms with Crippen molar-refractivity contribution < 1.29 is 9.47 Å². The Morgan fingerprint density at radius 2 is 1.34 bits per heavy atom. The van der Waals surface area contributed by atoms with E-state index in [1.165, 1.54) is 135 Å². The quantitative estimate of drug-likeness (QED) is 0.275. The van der Waals surface area contributed by atoms with E-state index in [0.29, 0.717) is 50.4 Å². The number of hydrogen-bond acceptors (Lipinski definition) is 2. The Labute approximate surface area is 366 Å². The number of hydrogen-bond donors (Lipinski definition) is 0. The van der Waals surface area contributed by atoms with E-state index in [1.54, 1.807) is 6.42 Å². The van der Waals surface area contributed by atoms with Crippen molar-refractivity contribution in [3.05, 3.63) is 0 Å². The Hall–Kier alpha value is -0.0800. The van der Waals surface area contributed by atoms with Crippen molar-refractivity contribution in [3.8, 4) is 0 Å². The van der Waals surface area contributed by atoms with Crippen LogP contribution in [0.4, 0.5) is 0 Å². The SMILES string of the molecule is CC(C)CCC[C@@H](C)[C@H]1CC[C@]2(C)[C@@H]1CC[C@@H]1[C@@]3(C)CCCC(C)(C)[C@@H]3CC[C@]12C.C[C@H]1CC[C@@]2(OC1)O[C@H]1C[C@H]3[C@@H]4CCC5CCCC[C@]5(C)[C@H]4CC[C@]3(C)[C@H]1[C@@H]2C. The molecule has 0 radical (unpaired) electrons. The molecule has 0 bridgehead atoms. The van der Waals surface area contributed by atoms with Gasteiger partial charge in [-0.1, -0.05) is 122 Å². The molecule has 10 rings (SSSR count). The van der Waals surface area contributed by atoms with Crippen LogP contribution < -0.4 is 0 Å². The van der Waals surface area contributed by atoms with Crippen LogP contribution in [0.15, 0.2) is 0 Å². The van der Waals surface area contributed by atoms with E-state index in [4.69, 9.17) is 9.47 Å². The highest BCUT2D eigenvalue weighted by Gasteiger charge is 2.70. The van der Waals surface area contributed by atoms with E-state index in [0.717, 1.165) is 78.1 Å². The summed E-state index contributed by atoms with van der Waals surface area (Å²) in [6.45, 7) is 32.0. The van der Waals surface area contributed by atoms with Crippen molar-refractivity contribution in [1.82, 2.24) is 0 Å². The van der Waals surface area contributed by atoms with Crippen molar-refractivity contribution in [2.75, 3.05) is 6.61 Å². The summed E-state index contributed by atoms with van der Waals surface area (Å²) < 4.78 is 13.4. The van der Waals surface area contributed by atoms with Gasteiger partial charge in [-0.15, -0.1) is 0 Å². The predicted molar refractivity (Wildman–Crippen MR) is 248 cm³/mol. The highest BCUT2D eigenvalue weighted by molar-refractivity contribution is 5.18. The molecule has 59 heavy (non-hydrogen) atoms. The topological polar surface area (TPSA) is 18.5 Å². The van der Waals surface area contributed by atoms with Gasteiger partial charge >= 0.3 is 0 Å². The lowest BCUT2D eigenvalue weighted by Gasteiger charge is -2.69. The zero-order valence-electron chi connectivity index (χ0n) is 41.4. The zero-order chi connectivity index (χ0) is 42.0. The number of fused-ring (bicyclic) bond motifs is 12. The van der Waals surface area contributed by atoms with Crippen LogP contribution in [0.2, 0.25) is 0 Å². The summed E-state index contributed by atoms with van der Waals surface area (Å²) in [4.78, 5) is 0. The molecule has 1 spiro atoms. The van der Waals surface area contributed by atoms with Crippen LogP contribution in [0.3, 0.4) is 0 Å². The van der Waals surface area contributed by atoms with Crippen molar-refractivity contribution >= 4 is 0 Å². The number of ether oxygens (including phenoxy) is 2. The van der Waals surface area contributed by atoms with E-state index in [-0.39, 0.29) is 5.79 Å². The summed E-state index contributed by atoms with van der Waals surface area (Å²) in [5.74, 6) is 11.4. The summed E-state index contributed by atoms with van der Waals surface area (Å²) in [6, 6.07) is 0. The molecule has 8 saturated carbocycles. The molecule has 8 aliphatic carbocycles. The minimum atomic E-state index is -0.250. The van der Waals surface area contributed by atoms with E-state index in [2.05, 4.69) is 83.1 Å². The molecular weight excluding hydrogens is 717 g/mol. The van der Waals surface area contributed by atoms with Gasteiger partial charge in [0.25, 0.3) is 0 Å². The molecule has 2 nitrogen and oxygen atoms in total. The first-order valence-corrected chi connectivity index (χ1v) is 27.1. The largest absolute Gasteiger partial charge is 0.349 e. The summed E-state index contributed by atoms with van der Waals surface area (Å²) in [6.07, 6.45) is 34.1. The predicted octanol–water partition coefficient (Wildman–Crippen LogP) is 16.3. The van der Waals surface area contributed by atoms with Gasteiger partial charge in [0.05, 0.1) is 12.7 Å². The highest BCUT2D eigenvalue weighted by atomic mass is 16.7. The lowest BCUT2D eigenvalue weighted by molar-refractivity contribution is -0.273. The zero-order valence-corrected chi connectivity index (χ0v) is 41.4. The monoisotopic (exact) mass is 815 g/mol. The highest BCUT2D eigenvalue weighted by Crippen LogP contribution is 2.76. The second kappa shape index (κ2) is 15.5. The van der Waals surface area contributed by atoms with Crippen molar-refractivity contribution in [2.24, 2.45) is 109 Å². The van der Waals surface area contributed by atoms with Crippen LogP contribution >= 0.6 is 0 Å². The maximum atomic E-state index is 6.92. The van der Waals surface area contributed by atoms with Gasteiger partial charge < -0.3 is 9.47 Å². The average molecular weight is 815 g/mol. The molecule has 10 aliphatic rings. The smallest absolute Gasteiger partial charge is 0.171 e. The molecule has 1 unspecified atom stereocenters. The molecule has 19 atom stereocenters. The molecule has 2 saturated heterocycles. The summed E-state index contributed by atoms with van der Waals surface area (Å²) in [7, 11) is 0. The molecule has 338 valence electrons. The van der Waals surface area contributed by atoms with Crippen LogP contribution in [0.25, 0.3) is 0 Å². The lowest BCUT2D eigenvalue weighted by atomic mass is 9.35. The maximum Gasteiger partial charge on any atom is 0.171 e. The minimum absolute atomic E-state index is 0.250. The van der Waals surface area contributed by atoms with Gasteiger partial charge in [0.1, 0.15) is 0 Å². The van der Waals surface area contributed by atoms with Crippen molar-refractivity contribution in [3.63, 3.8) is 0 Å². The van der Waals surface area contributed by atoms with Gasteiger partial charge in [-0.2, -0.15) is 0 Å². The fourth-order valence-corrected chi connectivity index (χ4v) is 21.0. The Morgan fingerprint density at radius 3 is 2.08 bits per heavy atom. The van der Waals surface area contributed by atoms with E-state index < -0.39 is 0 Å². The standard InChI is InChI=1S/C30H54.C27H44O2/c1-21(2)11-9-12-22(3)23-15-19-29(7)24(23)13-14-26-28(6)18-10-17-27(4,5)25(28)16-20-30(26,29)8;1-17-10-14-27(28-16-17)18(2)24-23(29-27)15-22-20-9-8-19-7-5-6-12-25(19,3)21(20)11-13-26(22,24)4/h21-26H,9-20H2,1-8H3;17-24H,5-16H2,1-4H3/t22-,23-,24-,25+,26-,28+,29-,30-;17-,18-,19?,20+,21-,22-,23-,24-,25-,26-,27+/m10/s1. The third-order valence-electron chi connectivity index (χ3n) is 24.2. The third kappa shape index (κ3) is 6.74. The second-order valence-corrected chi connectivity index (χ2v) is 27.4. The van der Waals surface area contributed by atoms with Gasteiger partial charge in [-0.25, -0.2) is 0 Å². The van der Waals surface area contributed by atoms with Crippen LogP contribution in [0.5, 0.6) is 0 Å². The Balaban J connectivity index is 0.000000152. The second-order valence-electron chi connectivity index (χ2n) is 27.4. The van der Waals surface area contributed by atoms with Gasteiger partial charge in [0.15, 0.2) is 5.79 Å². The van der Waals surface area contributed by atoms with Crippen molar-refractivity contribution in [1.29, 1.82) is 0 Å². The normalized spacial score (nSPS) is 55.1. The molecule has 0 amide bonds. The average Bonchev–Trinajstić information content (AvgIpc) is 3.78. The molecule has 2 aliphatic heterocycles. The summed E-state index contributed by atoms with van der Waals surface area (Å²) in [5, 5.41) is 0. The van der Waals surface area contributed by atoms with Gasteiger partial charge in [-0.3, -0.25) is 0 Å². The fourth-order valence-electron chi connectivity index (χ4n) is 21.0. The molecule has 0 N–H and O–H groups in total. The first-order valence-electron chi connectivity index (χ1n) is 27.1. The molecule has 10 fully saturated rings. The first-order chi connectivity index (χ1) is 27.8. The van der Waals surface area contributed by atoms with Crippen LogP contribution in [0.1, 0.15) is 231 Å². The van der Waals surface area contributed by atoms with E-state index in [9.17, 15) is 0 Å². The van der Waals surface area contributed by atoms with Gasteiger partial charge in [0, 0.05) is 12.3 Å². The number of rotatable bonds is 5. The van der Waals surface area contributed by atoms with E-state index in [1.807, 2.05) is 0 Å². The Kier molecular flexibility index (Phi) is 11.6.